The van der Waals surface area contributed by atoms with E-state index in [0.29, 0.717) is 11.1 Å². The lowest BCUT2D eigenvalue weighted by Crippen LogP contribution is -1.99. The first-order valence-corrected chi connectivity index (χ1v) is 15.3. The zero-order chi connectivity index (χ0) is 41.3. The molecule has 15 nitrogen and oxygen atoms in total. The average molecular weight is 747 g/mol. The molecule has 54 heavy (non-hydrogen) atoms. The van der Waals surface area contributed by atoms with Crippen molar-refractivity contribution in [1.82, 2.24) is 0 Å². The third-order valence-electron chi connectivity index (χ3n) is 6.83. The fourth-order valence-electron chi connectivity index (χ4n) is 4.06. The van der Waals surface area contributed by atoms with E-state index in [9.17, 15) is 29.1 Å². The molecule has 0 heterocycles. The summed E-state index contributed by atoms with van der Waals surface area (Å²) in [5.41, 5.74) is 2.55. The van der Waals surface area contributed by atoms with Crippen molar-refractivity contribution in [1.29, 1.82) is 0 Å². The second kappa shape index (κ2) is 21.0. The maximum absolute atomic E-state index is 10.5. The zero-order valence-corrected chi connectivity index (χ0v) is 29.3. The van der Waals surface area contributed by atoms with E-state index >= 15 is 0 Å². The van der Waals surface area contributed by atoms with Crippen LogP contribution in [0.1, 0.15) is 74.0 Å². The monoisotopic (exact) mass is 746 g/mol. The van der Waals surface area contributed by atoms with Crippen LogP contribution in [0.25, 0.3) is 0 Å². The molecule has 0 aliphatic heterocycles. The molecule has 0 aromatic heterocycles. The van der Waals surface area contributed by atoms with Crippen LogP contribution in [0.5, 0.6) is 28.7 Å². The van der Waals surface area contributed by atoms with Gasteiger partial charge in [0.15, 0.2) is 0 Å². The highest BCUT2D eigenvalue weighted by molar-refractivity contribution is 5.93. The molecule has 0 amide bonds. The molecule has 0 saturated heterocycles. The lowest BCUT2D eigenvalue weighted by molar-refractivity contribution is 0.0681. The van der Waals surface area contributed by atoms with Gasteiger partial charge < -0.3 is 51.1 Å². The van der Waals surface area contributed by atoms with Gasteiger partial charge in [-0.15, -0.1) is 0 Å². The Hall–Kier alpha value is -7.55. The average Bonchev–Trinajstić information content (AvgIpc) is 3.08. The highest BCUT2D eigenvalue weighted by atomic mass is 16.4. The first-order chi connectivity index (χ1) is 25.2. The molecule has 0 aliphatic carbocycles. The Morgan fingerprint density at radius 1 is 0.370 bits per heavy atom. The normalized spacial score (nSPS) is 9.48. The molecule has 5 aromatic rings. The van der Waals surface area contributed by atoms with Gasteiger partial charge in [-0.1, -0.05) is 54.1 Å². The van der Waals surface area contributed by atoms with Crippen LogP contribution in [-0.4, -0.2) is 80.9 Å². The van der Waals surface area contributed by atoms with Gasteiger partial charge in [-0.05, 0) is 92.9 Å². The summed E-state index contributed by atoms with van der Waals surface area (Å²) in [6.45, 7) is 6.85. The standard InChI is InChI=1S/4C8H8O3.C7H6O3/c1-5-2-3-7(9)6(4-5)8(10)11;1-5-2-3-6(8(10)11)7(9)4-5;1-5-3-2-4-6(9)7(5)8(10)11;1-5-3-2-4-6(7(5)9)8(10)11;8-6-4-2-1-3-5(6)7(9)10/h4*2-4,9H,1H3,(H,10,11);1-4,8H,(H,9,10). The summed E-state index contributed by atoms with van der Waals surface area (Å²) < 4.78 is 0. The van der Waals surface area contributed by atoms with Crippen LogP contribution in [-0.2, 0) is 0 Å². The van der Waals surface area contributed by atoms with Gasteiger partial charge >= 0.3 is 29.8 Å². The van der Waals surface area contributed by atoms with Crippen molar-refractivity contribution in [2.45, 2.75) is 27.7 Å². The predicted octanol–water partition coefficient (Wildman–Crippen LogP) is 6.69. The SMILES string of the molecule is Cc1ccc(C(=O)O)c(O)c1.Cc1ccc(O)c(C(=O)O)c1.Cc1cccc(C(=O)O)c1O.Cc1cccc(O)c1C(=O)O.O=C(O)c1ccccc1O. The number of carboxylic acid groups (broad SMARTS) is 5. The molecule has 5 rings (SSSR count). The Morgan fingerprint density at radius 2 is 0.796 bits per heavy atom. The number of rotatable bonds is 5. The van der Waals surface area contributed by atoms with Gasteiger partial charge in [-0.25, -0.2) is 24.0 Å². The number of hydrogen-bond acceptors (Lipinski definition) is 10. The molecule has 0 aliphatic rings. The number of aromatic carboxylic acids is 5. The van der Waals surface area contributed by atoms with Gasteiger partial charge in [0, 0.05) is 0 Å². The molecule has 0 unspecified atom stereocenters. The number of para-hydroxylation sites is 2. The van der Waals surface area contributed by atoms with Gasteiger partial charge in [0.25, 0.3) is 0 Å². The maximum Gasteiger partial charge on any atom is 0.339 e. The topological polar surface area (TPSA) is 288 Å². The van der Waals surface area contributed by atoms with Crippen LogP contribution in [0.3, 0.4) is 0 Å². The molecule has 10 N–H and O–H groups in total. The quantitative estimate of drug-likeness (QED) is 0.0897. The Balaban J connectivity index is 0.000000338. The molecular formula is C39H38O15. The van der Waals surface area contributed by atoms with Crippen molar-refractivity contribution in [3.05, 3.63) is 147 Å². The number of carboxylic acids is 5. The summed E-state index contributed by atoms with van der Waals surface area (Å²) in [4.78, 5) is 51.9. The number of hydrogen-bond donors (Lipinski definition) is 10. The van der Waals surface area contributed by atoms with Crippen molar-refractivity contribution in [3.63, 3.8) is 0 Å². The van der Waals surface area contributed by atoms with Crippen molar-refractivity contribution in [3.8, 4) is 28.7 Å². The first-order valence-electron chi connectivity index (χ1n) is 15.3. The number of aryl methyl sites for hydroxylation is 4. The Bertz CT molecular complexity index is 2090. The van der Waals surface area contributed by atoms with E-state index in [1.807, 2.05) is 0 Å². The minimum absolute atomic E-state index is 0.0208. The third kappa shape index (κ3) is 14.0. The first kappa shape index (κ1) is 44.5. The smallest absolute Gasteiger partial charge is 0.339 e. The summed E-state index contributed by atoms with van der Waals surface area (Å²) in [6.07, 6.45) is 0. The van der Waals surface area contributed by atoms with E-state index in [2.05, 4.69) is 0 Å². The van der Waals surface area contributed by atoms with Crippen LogP contribution in [0, 0.1) is 27.7 Å². The van der Waals surface area contributed by atoms with Crippen molar-refractivity contribution < 1.29 is 75.0 Å². The molecule has 0 fully saturated rings. The van der Waals surface area contributed by atoms with Crippen LogP contribution in [0.4, 0.5) is 0 Å². The molecule has 0 saturated carbocycles. The highest BCUT2D eigenvalue weighted by Crippen LogP contribution is 2.22. The van der Waals surface area contributed by atoms with Crippen LogP contribution < -0.4 is 0 Å². The molecule has 15 heteroatoms. The summed E-state index contributed by atoms with van der Waals surface area (Å²) in [5.74, 6) is -6.44. The van der Waals surface area contributed by atoms with Gasteiger partial charge in [0.05, 0.1) is 0 Å². The van der Waals surface area contributed by atoms with E-state index in [-0.39, 0.29) is 56.6 Å². The maximum atomic E-state index is 10.5. The summed E-state index contributed by atoms with van der Waals surface area (Å²) in [6, 6.07) is 23.9. The Labute approximate surface area is 308 Å². The van der Waals surface area contributed by atoms with E-state index in [1.165, 1.54) is 48.5 Å². The predicted molar refractivity (Wildman–Crippen MR) is 194 cm³/mol. The van der Waals surface area contributed by atoms with Crippen molar-refractivity contribution in [2.24, 2.45) is 0 Å². The molecule has 0 atom stereocenters. The molecule has 0 radical (unpaired) electrons. The van der Waals surface area contributed by atoms with E-state index in [0.717, 1.165) is 11.1 Å². The van der Waals surface area contributed by atoms with E-state index in [1.54, 1.807) is 76.2 Å². The fourth-order valence-corrected chi connectivity index (χ4v) is 4.06. The fraction of sp³-hybridized carbons (Fsp3) is 0.103. The van der Waals surface area contributed by atoms with Crippen molar-refractivity contribution in [2.75, 3.05) is 0 Å². The van der Waals surface area contributed by atoms with Crippen LogP contribution >= 0.6 is 0 Å². The number of aromatic hydroxyl groups is 5. The zero-order valence-electron chi connectivity index (χ0n) is 29.3. The summed E-state index contributed by atoms with van der Waals surface area (Å²) in [5, 5.41) is 87.8. The molecule has 0 spiro atoms. The summed E-state index contributed by atoms with van der Waals surface area (Å²) >= 11 is 0. The Morgan fingerprint density at radius 3 is 1.22 bits per heavy atom. The molecule has 284 valence electrons. The second-order valence-electron chi connectivity index (χ2n) is 11.0. The van der Waals surface area contributed by atoms with Crippen LogP contribution in [0.2, 0.25) is 0 Å². The summed E-state index contributed by atoms with van der Waals surface area (Å²) in [7, 11) is 0. The van der Waals surface area contributed by atoms with Gasteiger partial charge in [-0.3, -0.25) is 0 Å². The number of carbonyl (C=O) groups is 5. The van der Waals surface area contributed by atoms with Crippen molar-refractivity contribution >= 4 is 29.8 Å². The number of benzene rings is 5. The lowest BCUT2D eigenvalue weighted by Gasteiger charge is -2.01. The number of phenols is 5. The minimum Gasteiger partial charge on any atom is -0.507 e. The molecule has 5 aromatic carbocycles. The van der Waals surface area contributed by atoms with Gasteiger partial charge in [-0.2, -0.15) is 0 Å². The highest BCUT2D eigenvalue weighted by Gasteiger charge is 2.12. The van der Waals surface area contributed by atoms with Gasteiger partial charge in [0.2, 0.25) is 0 Å². The molecular weight excluding hydrogens is 708 g/mol. The second-order valence-corrected chi connectivity index (χ2v) is 11.0. The lowest BCUT2D eigenvalue weighted by atomic mass is 10.1. The minimum atomic E-state index is -1.11. The largest absolute Gasteiger partial charge is 0.507 e. The van der Waals surface area contributed by atoms with E-state index < -0.39 is 29.8 Å². The van der Waals surface area contributed by atoms with E-state index in [4.69, 9.17) is 46.0 Å². The molecule has 0 bridgehead atoms. The Kier molecular flexibility index (Phi) is 17.3. The van der Waals surface area contributed by atoms with Crippen LogP contribution in [0.15, 0.2) is 97.1 Å². The van der Waals surface area contributed by atoms with Gasteiger partial charge in [0.1, 0.15) is 56.6 Å². The third-order valence-corrected chi connectivity index (χ3v) is 6.83.